The Balaban J connectivity index is 2.70. The molecular weight excluding hydrogens is 130 g/mol. The summed E-state index contributed by atoms with van der Waals surface area (Å²) in [5, 5.41) is 14.1. The minimum absolute atomic E-state index is 0.723. The predicted octanol–water partition coefficient (Wildman–Crippen LogP) is -0.588. The van der Waals surface area contributed by atoms with Gasteiger partial charge in [-0.2, -0.15) is 0 Å². The molecule has 1 aromatic heterocycles. The number of aryl methyl sites for hydroxylation is 1. The minimum atomic E-state index is 0.723. The van der Waals surface area contributed by atoms with E-state index in [0.29, 0.717) is 0 Å². The van der Waals surface area contributed by atoms with E-state index in [-0.39, 0.29) is 0 Å². The fourth-order valence-electron chi connectivity index (χ4n) is 0.754. The highest BCUT2D eigenvalue weighted by molar-refractivity contribution is 4.77. The zero-order valence-electron chi connectivity index (χ0n) is 6.20. The molecule has 1 rings (SSSR count). The molecule has 0 aromatic carbocycles. The summed E-state index contributed by atoms with van der Waals surface area (Å²) in [4.78, 5) is 0. The first kappa shape index (κ1) is 7.14. The molecule has 1 aromatic rings. The van der Waals surface area contributed by atoms with Crippen LogP contribution >= 0.6 is 0 Å². The maximum atomic E-state index is 3.82. The smallest absolute Gasteiger partial charge is 0.165 e. The molecule has 10 heavy (non-hydrogen) atoms. The van der Waals surface area contributed by atoms with Gasteiger partial charge in [-0.05, 0) is 24.4 Å². The number of nitrogens with zero attached hydrogens (tertiary/aromatic N) is 4. The Hall–Kier alpha value is -0.970. The van der Waals surface area contributed by atoms with Gasteiger partial charge in [-0.1, -0.05) is 0 Å². The van der Waals surface area contributed by atoms with Crippen molar-refractivity contribution in [3.05, 3.63) is 5.82 Å². The number of hydrogen-bond donors (Lipinski definition) is 1. The molecule has 0 radical (unpaired) electrons. The second kappa shape index (κ2) is 3.26. The Kier molecular flexibility index (Phi) is 2.33. The molecule has 1 N–H and O–H groups in total. The summed E-state index contributed by atoms with van der Waals surface area (Å²) in [5.41, 5.74) is 0. The summed E-state index contributed by atoms with van der Waals surface area (Å²) in [7, 11) is 1.87. The second-order valence-electron chi connectivity index (χ2n) is 1.94. The molecule has 5 heteroatoms. The van der Waals surface area contributed by atoms with Gasteiger partial charge in [-0.15, -0.1) is 5.10 Å². The van der Waals surface area contributed by atoms with Gasteiger partial charge in [0.2, 0.25) is 0 Å². The van der Waals surface area contributed by atoms with Crippen molar-refractivity contribution >= 4 is 0 Å². The molecule has 56 valence electrons. The first-order chi connectivity index (χ1) is 4.88. The molecule has 0 aliphatic rings. The summed E-state index contributed by atoms with van der Waals surface area (Å²) >= 11 is 0. The van der Waals surface area contributed by atoms with Crippen LogP contribution in [-0.2, 0) is 13.1 Å². The average Bonchev–Trinajstić information content (AvgIpc) is 2.36. The van der Waals surface area contributed by atoms with Crippen LogP contribution in [0.5, 0.6) is 0 Å². The first-order valence-electron chi connectivity index (χ1n) is 3.28. The third-order valence-corrected chi connectivity index (χ3v) is 1.24. The monoisotopic (exact) mass is 141 g/mol. The minimum Gasteiger partial charge on any atom is -0.313 e. The third kappa shape index (κ3) is 1.30. The Labute approximate surface area is 59.4 Å². The fraction of sp³-hybridized carbons (Fsp3) is 0.800. The molecule has 0 fully saturated rings. The quantitative estimate of drug-likeness (QED) is 0.611. The molecule has 0 bridgehead atoms. The van der Waals surface area contributed by atoms with E-state index < -0.39 is 0 Å². The lowest BCUT2D eigenvalue weighted by Crippen LogP contribution is -2.12. The molecule has 1 heterocycles. The van der Waals surface area contributed by atoms with Crippen molar-refractivity contribution in [2.75, 3.05) is 7.05 Å². The zero-order chi connectivity index (χ0) is 7.40. The van der Waals surface area contributed by atoms with Gasteiger partial charge < -0.3 is 5.32 Å². The number of tetrazole rings is 1. The topological polar surface area (TPSA) is 55.6 Å². The summed E-state index contributed by atoms with van der Waals surface area (Å²) in [6.45, 7) is 3.56. The van der Waals surface area contributed by atoms with Crippen molar-refractivity contribution in [2.45, 2.75) is 20.0 Å². The van der Waals surface area contributed by atoms with Crippen molar-refractivity contribution in [1.29, 1.82) is 0 Å². The Morgan fingerprint density at radius 3 is 3.00 bits per heavy atom. The summed E-state index contributed by atoms with van der Waals surface area (Å²) < 4.78 is 1.76. The number of nitrogens with one attached hydrogen (secondary N) is 1. The van der Waals surface area contributed by atoms with Gasteiger partial charge >= 0.3 is 0 Å². The Morgan fingerprint density at radius 1 is 1.60 bits per heavy atom. The van der Waals surface area contributed by atoms with Crippen LogP contribution in [0.3, 0.4) is 0 Å². The molecule has 0 saturated carbocycles. The molecule has 0 unspecified atom stereocenters. The van der Waals surface area contributed by atoms with Crippen molar-refractivity contribution in [1.82, 2.24) is 25.5 Å². The van der Waals surface area contributed by atoms with E-state index in [9.17, 15) is 0 Å². The highest BCUT2D eigenvalue weighted by atomic mass is 15.5. The lowest BCUT2D eigenvalue weighted by atomic mass is 10.6. The van der Waals surface area contributed by atoms with Gasteiger partial charge in [0.15, 0.2) is 5.82 Å². The molecule has 0 aliphatic heterocycles. The number of aromatic nitrogens is 4. The average molecular weight is 141 g/mol. The van der Waals surface area contributed by atoms with Crippen LogP contribution < -0.4 is 5.32 Å². The van der Waals surface area contributed by atoms with Crippen molar-refractivity contribution in [3.63, 3.8) is 0 Å². The van der Waals surface area contributed by atoms with Crippen LogP contribution in [0.2, 0.25) is 0 Å². The van der Waals surface area contributed by atoms with Gasteiger partial charge in [0, 0.05) is 6.54 Å². The van der Waals surface area contributed by atoms with Gasteiger partial charge in [-0.3, -0.25) is 0 Å². The van der Waals surface area contributed by atoms with Crippen LogP contribution in [0.25, 0.3) is 0 Å². The van der Waals surface area contributed by atoms with Crippen LogP contribution in [0.1, 0.15) is 12.7 Å². The maximum absolute atomic E-state index is 3.82. The summed E-state index contributed by atoms with van der Waals surface area (Å²) in [6.07, 6.45) is 0. The van der Waals surface area contributed by atoms with Crippen LogP contribution in [0.4, 0.5) is 0 Å². The summed E-state index contributed by atoms with van der Waals surface area (Å²) in [6, 6.07) is 0. The second-order valence-corrected chi connectivity index (χ2v) is 1.94. The molecule has 0 saturated heterocycles. The maximum Gasteiger partial charge on any atom is 0.165 e. The summed E-state index contributed by atoms with van der Waals surface area (Å²) in [5.74, 6) is 0.880. The van der Waals surface area contributed by atoms with Gasteiger partial charge in [-0.25, -0.2) is 4.68 Å². The molecule has 0 spiro atoms. The largest absolute Gasteiger partial charge is 0.313 e. The van der Waals surface area contributed by atoms with E-state index in [1.54, 1.807) is 4.68 Å². The highest BCUT2D eigenvalue weighted by Gasteiger charge is 1.99. The van der Waals surface area contributed by atoms with Crippen molar-refractivity contribution < 1.29 is 0 Å². The Morgan fingerprint density at radius 2 is 2.40 bits per heavy atom. The van der Waals surface area contributed by atoms with Crippen LogP contribution in [0.15, 0.2) is 0 Å². The van der Waals surface area contributed by atoms with Gasteiger partial charge in [0.1, 0.15) is 0 Å². The van der Waals surface area contributed by atoms with E-state index in [4.69, 9.17) is 0 Å². The lowest BCUT2D eigenvalue weighted by Gasteiger charge is -1.97. The normalized spacial score (nSPS) is 10.2. The first-order valence-corrected chi connectivity index (χ1v) is 3.28. The van der Waals surface area contributed by atoms with E-state index >= 15 is 0 Å². The predicted molar refractivity (Wildman–Crippen MR) is 36.3 cm³/mol. The van der Waals surface area contributed by atoms with Crippen LogP contribution in [-0.4, -0.2) is 27.3 Å². The van der Waals surface area contributed by atoms with Gasteiger partial charge in [0.05, 0.1) is 6.54 Å². The van der Waals surface area contributed by atoms with E-state index in [2.05, 4.69) is 20.8 Å². The highest BCUT2D eigenvalue weighted by Crippen LogP contribution is 1.88. The van der Waals surface area contributed by atoms with E-state index in [1.807, 2.05) is 14.0 Å². The standard InChI is InChI=1S/C5H11N5/c1-3-10-5(4-6-2)7-8-9-10/h6H,3-4H2,1-2H3. The SMILES string of the molecule is CCn1nnnc1CNC. The lowest BCUT2D eigenvalue weighted by molar-refractivity contribution is 0.582. The molecular formula is C5H11N5. The number of rotatable bonds is 3. The zero-order valence-corrected chi connectivity index (χ0v) is 6.20. The molecule has 5 nitrogen and oxygen atoms in total. The van der Waals surface area contributed by atoms with Crippen molar-refractivity contribution in [3.8, 4) is 0 Å². The molecule has 0 amide bonds. The molecule has 0 aliphatic carbocycles. The fourth-order valence-corrected chi connectivity index (χ4v) is 0.754. The van der Waals surface area contributed by atoms with Crippen LogP contribution in [0, 0.1) is 0 Å². The van der Waals surface area contributed by atoms with E-state index in [0.717, 1.165) is 18.9 Å². The third-order valence-electron chi connectivity index (χ3n) is 1.24. The van der Waals surface area contributed by atoms with E-state index in [1.165, 1.54) is 0 Å². The van der Waals surface area contributed by atoms with Crippen molar-refractivity contribution in [2.24, 2.45) is 0 Å². The number of hydrogen-bond acceptors (Lipinski definition) is 4. The Bertz CT molecular complexity index is 194. The van der Waals surface area contributed by atoms with Gasteiger partial charge in [0.25, 0.3) is 0 Å². The molecule has 0 atom stereocenters.